The molecule has 1 rings (SSSR count). The molecule has 0 spiro atoms. The Balaban J connectivity index is 2.88. The second kappa shape index (κ2) is 5.43. The van der Waals surface area contributed by atoms with Gasteiger partial charge < -0.3 is 0 Å². The van der Waals surface area contributed by atoms with Gasteiger partial charge in [0.2, 0.25) is 0 Å². The molecule has 0 aliphatic carbocycles. The maximum atomic E-state index is 11.0. The quantitative estimate of drug-likeness (QED) is 0.558. The lowest BCUT2D eigenvalue weighted by atomic mass is 10.0. The molecule has 2 nitrogen and oxygen atoms in total. The highest BCUT2D eigenvalue weighted by molar-refractivity contribution is 7.78. The van der Waals surface area contributed by atoms with E-state index >= 15 is 0 Å². The van der Waals surface area contributed by atoms with Crippen molar-refractivity contribution in [3.8, 4) is 0 Å². The molecule has 0 amide bonds. The van der Waals surface area contributed by atoms with Crippen LogP contribution in [0.15, 0.2) is 35.3 Å². The predicted octanol–water partition coefficient (Wildman–Crippen LogP) is 2.81. The number of hydrogen-bond acceptors (Lipinski definition) is 3. The van der Waals surface area contributed by atoms with Crippen molar-refractivity contribution in [2.75, 3.05) is 0 Å². The lowest BCUT2D eigenvalue weighted by Crippen LogP contribution is -2.01. The molecule has 0 bridgehead atoms. The molecule has 0 radical (unpaired) electrons. The summed E-state index contributed by atoms with van der Waals surface area (Å²) >= 11 is 4.55. The third-order valence-corrected chi connectivity index (χ3v) is 1.98. The molecular formula is C11H11NOS. The number of benzene rings is 1. The summed E-state index contributed by atoms with van der Waals surface area (Å²) in [6.07, 6.45) is 0.383. The highest BCUT2D eigenvalue weighted by atomic mass is 32.1. The van der Waals surface area contributed by atoms with Gasteiger partial charge >= 0.3 is 0 Å². The number of ketones is 1. The van der Waals surface area contributed by atoms with Crippen molar-refractivity contribution < 1.29 is 4.79 Å². The molecule has 0 fully saturated rings. The van der Waals surface area contributed by atoms with E-state index in [4.69, 9.17) is 0 Å². The van der Waals surface area contributed by atoms with Crippen LogP contribution in [0.4, 0.5) is 0 Å². The molecule has 1 unspecified atom stereocenters. The number of carbonyl (C=O) groups is 1. The van der Waals surface area contributed by atoms with Gasteiger partial charge in [0.05, 0.1) is 11.2 Å². The maximum absolute atomic E-state index is 11.0. The van der Waals surface area contributed by atoms with Crippen LogP contribution in [-0.2, 0) is 4.79 Å². The van der Waals surface area contributed by atoms with Gasteiger partial charge in [0.25, 0.3) is 0 Å². The summed E-state index contributed by atoms with van der Waals surface area (Å²) in [6.45, 7) is 1.55. The third kappa shape index (κ3) is 3.21. The minimum absolute atomic E-state index is 0.104. The van der Waals surface area contributed by atoms with E-state index in [2.05, 4.69) is 22.4 Å². The van der Waals surface area contributed by atoms with Gasteiger partial charge in [-0.05, 0) is 24.7 Å². The molecule has 1 aromatic rings. The van der Waals surface area contributed by atoms with Crippen molar-refractivity contribution in [1.82, 2.24) is 0 Å². The molecule has 0 saturated carbocycles. The van der Waals surface area contributed by atoms with Crippen LogP contribution in [-0.4, -0.2) is 10.9 Å². The predicted molar refractivity (Wildman–Crippen MR) is 59.5 cm³/mol. The highest BCUT2D eigenvalue weighted by Gasteiger charge is 2.11. The normalized spacial score (nSPS) is 11.5. The first kappa shape index (κ1) is 10.8. The molecule has 0 N–H and O–H groups in total. The van der Waals surface area contributed by atoms with E-state index in [0.717, 1.165) is 5.56 Å². The number of nitrogens with zero attached hydrogens (tertiary/aromatic N) is 1. The van der Waals surface area contributed by atoms with Crippen LogP contribution in [0.5, 0.6) is 0 Å². The SMILES string of the molecule is CC(=O)CC(N=C=S)c1ccccc1. The molecule has 0 aromatic heterocycles. The molecule has 3 heteroatoms. The molecule has 0 aliphatic heterocycles. The summed E-state index contributed by atoms with van der Waals surface area (Å²) < 4.78 is 0. The zero-order valence-corrected chi connectivity index (χ0v) is 8.75. The van der Waals surface area contributed by atoms with Crippen LogP contribution in [0, 0.1) is 0 Å². The fourth-order valence-electron chi connectivity index (χ4n) is 1.25. The smallest absolute Gasteiger partial charge is 0.132 e. The Labute approximate surface area is 88.7 Å². The summed E-state index contributed by atoms with van der Waals surface area (Å²) in [4.78, 5) is 15.0. The lowest BCUT2D eigenvalue weighted by molar-refractivity contribution is -0.117. The summed E-state index contributed by atoms with van der Waals surface area (Å²) in [7, 11) is 0. The maximum Gasteiger partial charge on any atom is 0.132 e. The number of thiocarbonyl (C=S) groups is 1. The zero-order chi connectivity index (χ0) is 10.4. The van der Waals surface area contributed by atoms with E-state index < -0.39 is 0 Å². The van der Waals surface area contributed by atoms with Gasteiger partial charge in [0.1, 0.15) is 5.78 Å². The Hall–Kier alpha value is -1.31. The van der Waals surface area contributed by atoms with Crippen LogP contribution in [0.1, 0.15) is 24.9 Å². The zero-order valence-electron chi connectivity index (χ0n) is 7.93. The number of aliphatic imine (C=N–C) groups is 1. The summed E-state index contributed by atoms with van der Waals surface area (Å²) in [5.41, 5.74) is 1.00. The van der Waals surface area contributed by atoms with Crippen LogP contribution in [0.2, 0.25) is 0 Å². The van der Waals surface area contributed by atoms with Crippen molar-refractivity contribution in [3.05, 3.63) is 35.9 Å². The van der Waals surface area contributed by atoms with Crippen LogP contribution in [0.25, 0.3) is 0 Å². The van der Waals surface area contributed by atoms with E-state index in [1.165, 1.54) is 0 Å². The molecule has 1 atom stereocenters. The lowest BCUT2D eigenvalue weighted by Gasteiger charge is -2.08. The average molecular weight is 205 g/mol. The van der Waals surface area contributed by atoms with Gasteiger partial charge in [-0.1, -0.05) is 30.3 Å². The number of carbonyl (C=O) groups excluding carboxylic acids is 1. The van der Waals surface area contributed by atoms with E-state index in [1.54, 1.807) is 6.92 Å². The monoisotopic (exact) mass is 205 g/mol. The highest BCUT2D eigenvalue weighted by Crippen LogP contribution is 2.20. The summed E-state index contributed by atoms with van der Waals surface area (Å²) in [5, 5.41) is 2.33. The van der Waals surface area contributed by atoms with Crippen molar-refractivity contribution in [3.63, 3.8) is 0 Å². The molecular weight excluding hydrogens is 194 g/mol. The molecule has 14 heavy (non-hydrogen) atoms. The minimum Gasteiger partial charge on any atom is -0.300 e. The van der Waals surface area contributed by atoms with Gasteiger partial charge in [-0.2, -0.15) is 0 Å². The number of isothiocyanates is 1. The number of hydrogen-bond donors (Lipinski definition) is 0. The molecule has 1 aromatic carbocycles. The van der Waals surface area contributed by atoms with Crippen molar-refractivity contribution >= 4 is 23.2 Å². The van der Waals surface area contributed by atoms with E-state index in [-0.39, 0.29) is 11.8 Å². The van der Waals surface area contributed by atoms with E-state index in [9.17, 15) is 4.79 Å². The van der Waals surface area contributed by atoms with Crippen LogP contribution < -0.4 is 0 Å². The van der Waals surface area contributed by atoms with Gasteiger partial charge in [-0.15, -0.1) is 0 Å². The van der Waals surface area contributed by atoms with Crippen molar-refractivity contribution in [2.45, 2.75) is 19.4 Å². The Morgan fingerprint density at radius 1 is 1.50 bits per heavy atom. The Bertz CT molecular complexity index is 355. The molecule has 72 valence electrons. The largest absolute Gasteiger partial charge is 0.300 e. The summed E-state index contributed by atoms with van der Waals surface area (Å²) in [5.74, 6) is 0.104. The van der Waals surface area contributed by atoms with Gasteiger partial charge in [0, 0.05) is 6.42 Å². The van der Waals surface area contributed by atoms with E-state index in [1.807, 2.05) is 30.3 Å². The second-order valence-corrected chi connectivity index (χ2v) is 3.24. The van der Waals surface area contributed by atoms with Crippen molar-refractivity contribution in [1.29, 1.82) is 0 Å². The van der Waals surface area contributed by atoms with Crippen LogP contribution >= 0.6 is 12.2 Å². The fraction of sp³-hybridized carbons (Fsp3) is 0.273. The first-order chi connectivity index (χ1) is 6.74. The fourth-order valence-corrected chi connectivity index (χ4v) is 1.38. The number of rotatable bonds is 4. The van der Waals surface area contributed by atoms with Gasteiger partial charge in [0.15, 0.2) is 0 Å². The van der Waals surface area contributed by atoms with Crippen molar-refractivity contribution in [2.24, 2.45) is 4.99 Å². The second-order valence-electron chi connectivity index (χ2n) is 3.05. The first-order valence-corrected chi connectivity index (χ1v) is 4.76. The molecule has 0 aliphatic rings. The Morgan fingerprint density at radius 3 is 2.64 bits per heavy atom. The molecule has 0 heterocycles. The minimum atomic E-state index is -0.175. The average Bonchev–Trinajstić information content (AvgIpc) is 2.18. The Kier molecular flexibility index (Phi) is 4.17. The third-order valence-electron chi connectivity index (χ3n) is 1.87. The van der Waals surface area contributed by atoms with Crippen LogP contribution in [0.3, 0.4) is 0 Å². The van der Waals surface area contributed by atoms with E-state index in [0.29, 0.717) is 6.42 Å². The summed E-state index contributed by atoms with van der Waals surface area (Å²) in [6, 6.07) is 9.46. The number of Topliss-reactive ketones (excluding diaryl/α,β-unsaturated/α-hetero) is 1. The van der Waals surface area contributed by atoms with Gasteiger partial charge in [-0.25, -0.2) is 4.99 Å². The first-order valence-electron chi connectivity index (χ1n) is 4.35. The standard InChI is InChI=1S/C11H11NOS/c1-9(13)7-11(12-8-14)10-5-3-2-4-6-10/h2-6,11H,7H2,1H3. The topological polar surface area (TPSA) is 29.4 Å². The molecule has 0 saturated heterocycles. The Morgan fingerprint density at radius 2 is 2.14 bits per heavy atom. The van der Waals surface area contributed by atoms with Gasteiger partial charge in [-0.3, -0.25) is 4.79 Å².